The van der Waals surface area contributed by atoms with Crippen LogP contribution in [0.15, 0.2) is 53.4 Å². The highest BCUT2D eigenvalue weighted by Crippen LogP contribution is 2.33. The number of carbonyl (C=O) groups is 1. The number of carbonyl (C=O) groups excluding carboxylic acids is 1. The van der Waals surface area contributed by atoms with Crippen molar-refractivity contribution in [3.63, 3.8) is 0 Å². The third kappa shape index (κ3) is 3.28. The van der Waals surface area contributed by atoms with E-state index in [-0.39, 0.29) is 23.3 Å². The standard InChI is InChI=1S/C17H18N2O3S/c1-12-5-4-6-13(11-12)23(21,22)18-10-9-15-14-7-2-3-8-16(14)19-17(15)20/h2-8,11,15,18H,9-10H2,1H3,(H,19,20). The molecule has 1 unspecified atom stereocenters. The van der Waals surface area contributed by atoms with Gasteiger partial charge in [0.1, 0.15) is 0 Å². The van der Waals surface area contributed by atoms with Gasteiger partial charge >= 0.3 is 0 Å². The lowest BCUT2D eigenvalue weighted by molar-refractivity contribution is -0.117. The molecule has 23 heavy (non-hydrogen) atoms. The summed E-state index contributed by atoms with van der Waals surface area (Å²) in [4.78, 5) is 12.3. The van der Waals surface area contributed by atoms with Gasteiger partial charge in [-0.2, -0.15) is 0 Å². The van der Waals surface area contributed by atoms with Crippen molar-refractivity contribution in [3.8, 4) is 0 Å². The van der Waals surface area contributed by atoms with E-state index >= 15 is 0 Å². The number of hydrogen-bond acceptors (Lipinski definition) is 3. The third-order valence-corrected chi connectivity index (χ3v) is 5.39. The number of nitrogens with one attached hydrogen (secondary N) is 2. The third-order valence-electron chi connectivity index (χ3n) is 3.94. The molecule has 1 aliphatic heterocycles. The van der Waals surface area contributed by atoms with Crippen LogP contribution in [-0.2, 0) is 14.8 Å². The predicted octanol–water partition coefficient (Wildman–Crippen LogP) is 2.40. The molecule has 6 heteroatoms. The molecule has 0 radical (unpaired) electrons. The van der Waals surface area contributed by atoms with Crippen LogP contribution in [0.3, 0.4) is 0 Å². The maximum absolute atomic E-state index is 12.3. The lowest BCUT2D eigenvalue weighted by Gasteiger charge is -2.11. The van der Waals surface area contributed by atoms with Crippen LogP contribution in [0.25, 0.3) is 0 Å². The van der Waals surface area contributed by atoms with Crippen molar-refractivity contribution >= 4 is 21.6 Å². The Bertz CT molecular complexity index is 846. The molecule has 1 amide bonds. The van der Waals surface area contributed by atoms with Gasteiger partial charge in [-0.05, 0) is 42.7 Å². The van der Waals surface area contributed by atoms with Gasteiger partial charge in [-0.25, -0.2) is 13.1 Å². The van der Waals surface area contributed by atoms with Gasteiger partial charge in [0.25, 0.3) is 0 Å². The summed E-state index contributed by atoms with van der Waals surface area (Å²) in [5, 5.41) is 2.82. The lowest BCUT2D eigenvalue weighted by atomic mass is 9.97. The topological polar surface area (TPSA) is 75.3 Å². The summed E-state index contributed by atoms with van der Waals surface area (Å²) < 4.78 is 27.1. The molecule has 2 aromatic rings. The van der Waals surface area contributed by atoms with Gasteiger partial charge in [-0.15, -0.1) is 0 Å². The molecule has 1 aliphatic rings. The van der Waals surface area contributed by atoms with Gasteiger partial charge in [0, 0.05) is 12.2 Å². The first-order valence-corrected chi connectivity index (χ1v) is 8.92. The Morgan fingerprint density at radius 1 is 1.13 bits per heavy atom. The first-order valence-electron chi connectivity index (χ1n) is 7.43. The minimum absolute atomic E-state index is 0.0825. The molecule has 0 spiro atoms. The number of sulfonamides is 1. The molecule has 0 saturated heterocycles. The number of amides is 1. The molecule has 0 aliphatic carbocycles. The quantitative estimate of drug-likeness (QED) is 0.884. The largest absolute Gasteiger partial charge is 0.325 e. The van der Waals surface area contributed by atoms with Crippen LogP contribution in [0.2, 0.25) is 0 Å². The first-order chi connectivity index (χ1) is 11.0. The van der Waals surface area contributed by atoms with E-state index in [1.807, 2.05) is 37.3 Å². The second-order valence-electron chi connectivity index (χ2n) is 5.63. The number of anilines is 1. The summed E-state index contributed by atoms with van der Waals surface area (Å²) in [6.45, 7) is 2.06. The Hall–Kier alpha value is -2.18. The van der Waals surface area contributed by atoms with E-state index < -0.39 is 10.0 Å². The smallest absolute Gasteiger partial charge is 0.240 e. The van der Waals surface area contributed by atoms with Crippen molar-refractivity contribution in [2.75, 3.05) is 11.9 Å². The van der Waals surface area contributed by atoms with E-state index in [4.69, 9.17) is 0 Å². The number of rotatable bonds is 5. The highest BCUT2D eigenvalue weighted by Gasteiger charge is 2.29. The molecular formula is C17H18N2O3S. The summed E-state index contributed by atoms with van der Waals surface area (Å²) in [5.74, 6) is -0.396. The molecule has 2 aromatic carbocycles. The minimum atomic E-state index is -3.55. The Labute approximate surface area is 135 Å². The fourth-order valence-corrected chi connectivity index (χ4v) is 3.92. The number of benzene rings is 2. The molecule has 3 rings (SSSR count). The summed E-state index contributed by atoms with van der Waals surface area (Å²) in [6.07, 6.45) is 0.424. The average Bonchev–Trinajstić information content (AvgIpc) is 2.83. The van der Waals surface area contributed by atoms with Gasteiger partial charge in [0.15, 0.2) is 0 Å². The summed E-state index contributed by atoms with van der Waals surface area (Å²) >= 11 is 0. The molecule has 0 bridgehead atoms. The van der Waals surface area contributed by atoms with Crippen LogP contribution >= 0.6 is 0 Å². The van der Waals surface area contributed by atoms with E-state index in [1.165, 1.54) is 0 Å². The van der Waals surface area contributed by atoms with Crippen molar-refractivity contribution in [2.24, 2.45) is 0 Å². The Morgan fingerprint density at radius 2 is 1.91 bits per heavy atom. The molecule has 0 aromatic heterocycles. The molecule has 120 valence electrons. The average molecular weight is 330 g/mol. The zero-order valence-corrected chi connectivity index (χ0v) is 13.6. The van der Waals surface area contributed by atoms with Crippen molar-refractivity contribution in [3.05, 3.63) is 59.7 Å². The molecule has 1 heterocycles. The maximum atomic E-state index is 12.3. The van der Waals surface area contributed by atoms with Crippen LogP contribution < -0.4 is 10.0 Å². The van der Waals surface area contributed by atoms with Gasteiger partial charge in [0.05, 0.1) is 10.8 Å². The van der Waals surface area contributed by atoms with E-state index in [0.29, 0.717) is 6.42 Å². The Morgan fingerprint density at radius 3 is 2.70 bits per heavy atom. The van der Waals surface area contributed by atoms with E-state index in [0.717, 1.165) is 16.8 Å². The molecule has 0 fully saturated rings. The second kappa shape index (κ2) is 6.14. The normalized spacial score (nSPS) is 16.9. The van der Waals surface area contributed by atoms with Crippen molar-refractivity contribution in [1.29, 1.82) is 0 Å². The van der Waals surface area contributed by atoms with Crippen LogP contribution in [-0.4, -0.2) is 20.9 Å². The van der Waals surface area contributed by atoms with Crippen molar-refractivity contribution in [2.45, 2.75) is 24.2 Å². The SMILES string of the molecule is Cc1cccc(S(=O)(=O)NCCC2C(=O)Nc3ccccc32)c1. The molecular weight excluding hydrogens is 312 g/mol. The van der Waals surface area contributed by atoms with Crippen LogP contribution in [0.4, 0.5) is 5.69 Å². The van der Waals surface area contributed by atoms with E-state index in [9.17, 15) is 13.2 Å². The molecule has 2 N–H and O–H groups in total. The van der Waals surface area contributed by atoms with E-state index in [1.54, 1.807) is 18.2 Å². The zero-order chi connectivity index (χ0) is 16.4. The molecule has 1 atom stereocenters. The molecule has 5 nitrogen and oxygen atoms in total. The van der Waals surface area contributed by atoms with Gasteiger partial charge < -0.3 is 5.32 Å². The Kier molecular flexibility index (Phi) is 4.19. The second-order valence-corrected chi connectivity index (χ2v) is 7.40. The van der Waals surface area contributed by atoms with Crippen LogP contribution in [0.5, 0.6) is 0 Å². The van der Waals surface area contributed by atoms with E-state index in [2.05, 4.69) is 10.0 Å². The zero-order valence-electron chi connectivity index (χ0n) is 12.7. The lowest BCUT2D eigenvalue weighted by Crippen LogP contribution is -2.27. The fraction of sp³-hybridized carbons (Fsp3) is 0.235. The van der Waals surface area contributed by atoms with Crippen molar-refractivity contribution in [1.82, 2.24) is 4.72 Å². The number of aryl methyl sites for hydroxylation is 1. The minimum Gasteiger partial charge on any atom is -0.325 e. The van der Waals surface area contributed by atoms with Gasteiger partial charge in [-0.1, -0.05) is 30.3 Å². The van der Waals surface area contributed by atoms with Crippen LogP contribution in [0, 0.1) is 6.92 Å². The monoisotopic (exact) mass is 330 g/mol. The van der Waals surface area contributed by atoms with Crippen molar-refractivity contribution < 1.29 is 13.2 Å². The van der Waals surface area contributed by atoms with Crippen LogP contribution in [0.1, 0.15) is 23.5 Å². The Balaban J connectivity index is 1.67. The summed E-state index contributed by atoms with van der Waals surface area (Å²) in [7, 11) is -3.55. The maximum Gasteiger partial charge on any atom is 0.240 e. The fourth-order valence-electron chi connectivity index (χ4n) is 2.77. The number of para-hydroxylation sites is 1. The van der Waals surface area contributed by atoms with Gasteiger partial charge in [0.2, 0.25) is 15.9 Å². The number of fused-ring (bicyclic) bond motifs is 1. The highest BCUT2D eigenvalue weighted by atomic mass is 32.2. The summed E-state index contributed by atoms with van der Waals surface area (Å²) in [5.41, 5.74) is 2.62. The number of hydrogen-bond donors (Lipinski definition) is 2. The highest BCUT2D eigenvalue weighted by molar-refractivity contribution is 7.89. The van der Waals surface area contributed by atoms with Gasteiger partial charge in [-0.3, -0.25) is 4.79 Å². The predicted molar refractivity (Wildman–Crippen MR) is 88.8 cm³/mol. The molecule has 0 saturated carbocycles. The first kappa shape index (κ1) is 15.7. The summed E-state index contributed by atoms with van der Waals surface area (Å²) in [6, 6.07) is 14.2.